The predicted molar refractivity (Wildman–Crippen MR) is 99.4 cm³/mol. The number of rotatable bonds is 4. The summed E-state index contributed by atoms with van der Waals surface area (Å²) in [6.45, 7) is 7.16. The second kappa shape index (κ2) is 7.12. The van der Waals surface area contributed by atoms with Crippen LogP contribution in [0.4, 0.5) is 4.39 Å². The van der Waals surface area contributed by atoms with Crippen LogP contribution in [-0.4, -0.2) is 20.3 Å². The van der Waals surface area contributed by atoms with E-state index in [-0.39, 0.29) is 11.6 Å². The van der Waals surface area contributed by atoms with Crippen LogP contribution in [0.2, 0.25) is 0 Å². The Morgan fingerprint density at radius 1 is 1.15 bits per heavy atom. The summed E-state index contributed by atoms with van der Waals surface area (Å²) >= 11 is 0. The molecule has 0 saturated carbocycles. The van der Waals surface area contributed by atoms with Crippen molar-refractivity contribution in [2.24, 2.45) is 0 Å². The molecule has 0 amide bonds. The molecule has 0 saturated heterocycles. The number of carbonyl (C=O) groups is 1. The summed E-state index contributed by atoms with van der Waals surface area (Å²) in [5, 5.41) is 9.63. The highest BCUT2D eigenvalue weighted by Crippen LogP contribution is 2.26. The fraction of sp³-hybridized carbons (Fsp3) is 0.238. The number of aromatic nitrogens is 3. The van der Waals surface area contributed by atoms with Crippen LogP contribution in [0.1, 0.15) is 44.9 Å². The van der Waals surface area contributed by atoms with Crippen LogP contribution in [0.3, 0.4) is 0 Å². The fourth-order valence-corrected chi connectivity index (χ4v) is 3.33. The number of aryl methyl sites for hydroxylation is 3. The van der Waals surface area contributed by atoms with E-state index in [1.165, 1.54) is 12.1 Å². The van der Waals surface area contributed by atoms with Crippen LogP contribution in [-0.2, 0) is 0 Å². The van der Waals surface area contributed by atoms with E-state index in [1.807, 2.05) is 6.92 Å². The Hall–Kier alpha value is -3.33. The van der Waals surface area contributed by atoms with E-state index in [0.717, 1.165) is 5.69 Å². The zero-order valence-corrected chi connectivity index (χ0v) is 15.6. The van der Waals surface area contributed by atoms with E-state index >= 15 is 0 Å². The Bertz CT molecular complexity index is 1060. The smallest absolute Gasteiger partial charge is 0.187 e. The standard InChI is InChI=1S/C21H19FN4O/c1-12-8-20(25-15(4)24-12)19(11-23)21(27)18-9-13(2)26(14(18)3)17-7-5-6-16(22)10-17/h5-10,19H,1-4H3/t19-/m1/s1. The summed E-state index contributed by atoms with van der Waals surface area (Å²) in [4.78, 5) is 21.6. The molecule has 0 aliphatic carbocycles. The molecular weight excluding hydrogens is 343 g/mol. The van der Waals surface area contributed by atoms with Gasteiger partial charge in [-0.2, -0.15) is 5.26 Å². The molecule has 0 unspecified atom stereocenters. The average molecular weight is 362 g/mol. The summed E-state index contributed by atoms with van der Waals surface area (Å²) in [5.41, 5.74) is 3.60. The van der Waals surface area contributed by atoms with Gasteiger partial charge < -0.3 is 4.57 Å². The molecule has 0 spiro atoms. The number of nitriles is 1. The first kappa shape index (κ1) is 18.5. The first-order valence-electron chi connectivity index (χ1n) is 8.52. The maximum Gasteiger partial charge on any atom is 0.187 e. The van der Waals surface area contributed by atoms with Gasteiger partial charge in [0.15, 0.2) is 11.7 Å². The number of hydrogen-bond donors (Lipinski definition) is 0. The molecule has 0 radical (unpaired) electrons. The van der Waals surface area contributed by atoms with Gasteiger partial charge >= 0.3 is 0 Å². The van der Waals surface area contributed by atoms with E-state index in [0.29, 0.717) is 34.2 Å². The predicted octanol–water partition coefficient (Wildman–Crippen LogP) is 4.13. The third kappa shape index (κ3) is 3.49. The summed E-state index contributed by atoms with van der Waals surface area (Å²) in [6.07, 6.45) is 0. The molecule has 0 aliphatic heterocycles. The maximum atomic E-state index is 13.6. The number of nitrogens with zero attached hydrogens (tertiary/aromatic N) is 4. The van der Waals surface area contributed by atoms with Crippen molar-refractivity contribution in [3.63, 3.8) is 0 Å². The Morgan fingerprint density at radius 2 is 1.89 bits per heavy atom. The summed E-state index contributed by atoms with van der Waals surface area (Å²) in [6, 6.07) is 11.6. The lowest BCUT2D eigenvalue weighted by Crippen LogP contribution is -2.15. The van der Waals surface area contributed by atoms with Crippen molar-refractivity contribution >= 4 is 5.78 Å². The SMILES string of the molecule is Cc1cc([C@@H](C#N)C(=O)c2cc(C)n(-c3cccc(F)c3)c2C)nc(C)n1. The first-order chi connectivity index (χ1) is 12.8. The van der Waals surface area contributed by atoms with Gasteiger partial charge in [-0.3, -0.25) is 4.79 Å². The van der Waals surface area contributed by atoms with Crippen LogP contribution in [0.5, 0.6) is 0 Å². The Balaban J connectivity index is 2.07. The highest BCUT2D eigenvalue weighted by molar-refractivity contribution is 6.03. The second-order valence-electron chi connectivity index (χ2n) is 6.51. The minimum absolute atomic E-state index is 0.328. The Labute approximate surface area is 157 Å². The zero-order chi connectivity index (χ0) is 19.7. The number of ketones is 1. The van der Waals surface area contributed by atoms with Gasteiger partial charge in [-0.25, -0.2) is 14.4 Å². The van der Waals surface area contributed by atoms with Crippen molar-refractivity contribution < 1.29 is 9.18 Å². The van der Waals surface area contributed by atoms with Gasteiger partial charge in [0.05, 0.1) is 11.8 Å². The van der Waals surface area contributed by atoms with Gasteiger partial charge in [-0.05, 0) is 58.0 Å². The van der Waals surface area contributed by atoms with E-state index in [1.54, 1.807) is 49.6 Å². The monoisotopic (exact) mass is 362 g/mol. The van der Waals surface area contributed by atoms with Crippen LogP contribution in [0.15, 0.2) is 36.4 Å². The van der Waals surface area contributed by atoms with E-state index < -0.39 is 5.92 Å². The number of halogens is 1. The topological polar surface area (TPSA) is 71.6 Å². The Kier molecular flexibility index (Phi) is 4.87. The average Bonchev–Trinajstić information content (AvgIpc) is 2.89. The lowest BCUT2D eigenvalue weighted by Gasteiger charge is -2.11. The largest absolute Gasteiger partial charge is 0.318 e. The van der Waals surface area contributed by atoms with Crippen LogP contribution >= 0.6 is 0 Å². The number of Topliss-reactive ketones (excluding diaryl/α,β-unsaturated/α-hetero) is 1. The van der Waals surface area contributed by atoms with Crippen molar-refractivity contribution in [1.29, 1.82) is 5.26 Å². The van der Waals surface area contributed by atoms with Crippen LogP contribution < -0.4 is 0 Å². The van der Waals surface area contributed by atoms with Crippen molar-refractivity contribution in [3.05, 3.63) is 76.4 Å². The molecule has 2 aromatic heterocycles. The number of hydrogen-bond acceptors (Lipinski definition) is 4. The van der Waals surface area contributed by atoms with Crippen LogP contribution in [0, 0.1) is 44.8 Å². The molecule has 1 atom stereocenters. The molecule has 0 aliphatic rings. The molecule has 0 N–H and O–H groups in total. The van der Waals surface area contributed by atoms with Gasteiger partial charge in [-0.1, -0.05) is 6.07 Å². The molecular formula is C21H19FN4O. The van der Waals surface area contributed by atoms with Crippen molar-refractivity contribution in [2.75, 3.05) is 0 Å². The van der Waals surface area contributed by atoms with Crippen molar-refractivity contribution in [2.45, 2.75) is 33.6 Å². The summed E-state index contributed by atoms with van der Waals surface area (Å²) in [7, 11) is 0. The van der Waals surface area contributed by atoms with Crippen molar-refractivity contribution in [3.8, 4) is 11.8 Å². The highest BCUT2D eigenvalue weighted by Gasteiger charge is 2.27. The normalized spacial score (nSPS) is 11.9. The van der Waals surface area contributed by atoms with Crippen LogP contribution in [0.25, 0.3) is 5.69 Å². The molecule has 3 aromatic rings. The lowest BCUT2D eigenvalue weighted by molar-refractivity contribution is 0.0977. The highest BCUT2D eigenvalue weighted by atomic mass is 19.1. The molecule has 136 valence electrons. The molecule has 0 fully saturated rings. The van der Waals surface area contributed by atoms with E-state index in [2.05, 4.69) is 16.0 Å². The maximum absolute atomic E-state index is 13.6. The molecule has 5 nitrogen and oxygen atoms in total. The van der Waals surface area contributed by atoms with Gasteiger partial charge in [0.25, 0.3) is 0 Å². The van der Waals surface area contributed by atoms with Gasteiger partial charge in [-0.15, -0.1) is 0 Å². The third-order valence-corrected chi connectivity index (χ3v) is 4.44. The fourth-order valence-electron chi connectivity index (χ4n) is 3.33. The van der Waals surface area contributed by atoms with E-state index in [9.17, 15) is 14.4 Å². The minimum atomic E-state index is -1.02. The van der Waals surface area contributed by atoms with Gasteiger partial charge in [0, 0.05) is 28.3 Å². The third-order valence-electron chi connectivity index (χ3n) is 4.44. The lowest BCUT2D eigenvalue weighted by atomic mass is 9.95. The second-order valence-corrected chi connectivity index (χ2v) is 6.51. The number of benzene rings is 1. The van der Waals surface area contributed by atoms with E-state index in [4.69, 9.17) is 0 Å². The molecule has 2 heterocycles. The summed E-state index contributed by atoms with van der Waals surface area (Å²) < 4.78 is 15.4. The zero-order valence-electron chi connectivity index (χ0n) is 15.6. The molecule has 1 aromatic carbocycles. The summed E-state index contributed by atoms with van der Waals surface area (Å²) in [5.74, 6) is -1.18. The molecule has 0 bridgehead atoms. The molecule has 27 heavy (non-hydrogen) atoms. The van der Waals surface area contributed by atoms with Crippen molar-refractivity contribution in [1.82, 2.24) is 14.5 Å². The molecule has 3 rings (SSSR count). The number of carbonyl (C=O) groups excluding carboxylic acids is 1. The Morgan fingerprint density at radius 3 is 2.52 bits per heavy atom. The molecule has 6 heteroatoms. The van der Waals surface area contributed by atoms with Gasteiger partial charge in [0.2, 0.25) is 0 Å². The minimum Gasteiger partial charge on any atom is -0.318 e. The first-order valence-corrected chi connectivity index (χ1v) is 8.52. The van der Waals surface area contributed by atoms with Gasteiger partial charge in [0.1, 0.15) is 11.6 Å². The quantitative estimate of drug-likeness (QED) is 0.654.